The first-order chi connectivity index (χ1) is 18.7. The van der Waals surface area contributed by atoms with Crippen LogP contribution in [0.4, 0.5) is 11.4 Å². The average molecular weight is 631 g/mol. The zero-order chi connectivity index (χ0) is 29.8. The SMILES string of the molecule is CCNCC(=O)Nc1cc(N(C)C)c2c(c1O)C(O)=C1C(=O)[C@]3(O)C(O)=C(C(N)=O)C(=O)[C@@H](N(C)C)C3CC1C2.Cl.Cl. The molecule has 4 atom stereocenters. The summed E-state index contributed by atoms with van der Waals surface area (Å²) in [6, 6.07) is 0.408. The molecule has 13 nitrogen and oxygen atoms in total. The van der Waals surface area contributed by atoms with Gasteiger partial charge in [0.05, 0.1) is 23.8 Å². The summed E-state index contributed by atoms with van der Waals surface area (Å²) in [5.41, 5.74) is 2.47. The largest absolute Gasteiger partial charge is 0.508 e. The molecule has 0 bridgehead atoms. The number of aromatic hydroxyl groups is 1. The first-order valence-electron chi connectivity index (χ1n) is 12.9. The Hall–Kier alpha value is -3.36. The van der Waals surface area contributed by atoms with Crippen molar-refractivity contribution in [1.82, 2.24) is 10.2 Å². The summed E-state index contributed by atoms with van der Waals surface area (Å²) in [7, 11) is 6.57. The van der Waals surface area contributed by atoms with E-state index in [0.29, 0.717) is 17.8 Å². The third-order valence-electron chi connectivity index (χ3n) is 7.99. The number of phenols is 1. The number of Topliss-reactive ketones (excluding diaryl/α,β-unsaturated/α-hetero) is 2. The molecule has 0 saturated heterocycles. The van der Waals surface area contributed by atoms with Crippen molar-refractivity contribution in [3.63, 3.8) is 0 Å². The molecule has 0 heterocycles. The van der Waals surface area contributed by atoms with Crippen LogP contribution in [0.3, 0.4) is 0 Å². The van der Waals surface area contributed by atoms with E-state index in [1.165, 1.54) is 4.90 Å². The number of carbonyl (C=O) groups is 4. The highest BCUT2D eigenvalue weighted by atomic mass is 35.5. The second-order valence-electron chi connectivity index (χ2n) is 10.8. The summed E-state index contributed by atoms with van der Waals surface area (Å²) in [4.78, 5) is 54.9. The number of carbonyl (C=O) groups excluding carboxylic acids is 4. The Labute approximate surface area is 255 Å². The van der Waals surface area contributed by atoms with Gasteiger partial charge >= 0.3 is 0 Å². The van der Waals surface area contributed by atoms with Crippen molar-refractivity contribution in [2.24, 2.45) is 17.6 Å². The minimum Gasteiger partial charge on any atom is -0.508 e. The third-order valence-corrected chi connectivity index (χ3v) is 7.99. The van der Waals surface area contributed by atoms with Crippen LogP contribution in [0, 0.1) is 11.8 Å². The van der Waals surface area contributed by atoms with Crippen LogP contribution in [0.25, 0.3) is 5.76 Å². The Bertz CT molecular complexity index is 1390. The van der Waals surface area contributed by atoms with Crippen molar-refractivity contribution in [2.45, 2.75) is 31.4 Å². The molecule has 2 unspecified atom stereocenters. The summed E-state index contributed by atoms with van der Waals surface area (Å²) in [6.45, 7) is 2.36. The number of fused-ring (bicyclic) bond motifs is 3. The number of benzene rings is 1. The first kappa shape index (κ1) is 34.8. The van der Waals surface area contributed by atoms with Crippen LogP contribution in [0.2, 0.25) is 0 Å². The molecule has 3 aliphatic carbocycles. The minimum absolute atomic E-state index is 0. The maximum Gasteiger partial charge on any atom is 0.255 e. The number of ketones is 2. The average Bonchev–Trinajstić information content (AvgIpc) is 2.85. The molecular weight excluding hydrogens is 593 g/mol. The highest BCUT2D eigenvalue weighted by Crippen LogP contribution is 2.54. The van der Waals surface area contributed by atoms with Crippen LogP contribution in [-0.2, 0) is 25.6 Å². The van der Waals surface area contributed by atoms with Gasteiger partial charge in [0.15, 0.2) is 11.4 Å². The van der Waals surface area contributed by atoms with Gasteiger partial charge < -0.3 is 41.7 Å². The first-order valence-corrected chi connectivity index (χ1v) is 12.9. The van der Waals surface area contributed by atoms with Gasteiger partial charge in [0, 0.05) is 31.3 Å². The number of halogens is 2. The smallest absolute Gasteiger partial charge is 0.255 e. The number of rotatable bonds is 7. The zero-order valence-electron chi connectivity index (χ0n) is 23.8. The van der Waals surface area contributed by atoms with Crippen molar-refractivity contribution in [2.75, 3.05) is 51.5 Å². The van der Waals surface area contributed by atoms with Gasteiger partial charge in [-0.3, -0.25) is 24.1 Å². The molecule has 42 heavy (non-hydrogen) atoms. The number of likely N-dealkylation sites (N-methyl/N-ethyl adjacent to an activating group) is 2. The van der Waals surface area contributed by atoms with E-state index in [2.05, 4.69) is 10.6 Å². The number of primary amides is 1. The lowest BCUT2D eigenvalue weighted by Crippen LogP contribution is -2.65. The number of nitrogens with zero attached hydrogens (tertiary/aromatic N) is 2. The second kappa shape index (κ2) is 12.5. The number of hydrogen-bond donors (Lipinski definition) is 7. The molecule has 3 aliphatic rings. The predicted octanol–water partition coefficient (Wildman–Crippen LogP) is 0.422. The van der Waals surface area contributed by atoms with Gasteiger partial charge in [-0.25, -0.2) is 0 Å². The zero-order valence-corrected chi connectivity index (χ0v) is 25.5. The van der Waals surface area contributed by atoms with Gasteiger partial charge in [-0.1, -0.05) is 6.92 Å². The Morgan fingerprint density at radius 1 is 1.12 bits per heavy atom. The van der Waals surface area contributed by atoms with Crippen molar-refractivity contribution in [3.8, 4) is 5.75 Å². The van der Waals surface area contributed by atoms with E-state index in [0.717, 1.165) is 0 Å². The monoisotopic (exact) mass is 629 g/mol. The Morgan fingerprint density at radius 2 is 1.74 bits per heavy atom. The third kappa shape index (κ3) is 5.20. The molecule has 0 aliphatic heterocycles. The highest BCUT2D eigenvalue weighted by Gasteiger charge is 2.64. The van der Waals surface area contributed by atoms with Gasteiger partial charge in [-0.15, -0.1) is 24.8 Å². The lowest BCUT2D eigenvalue weighted by molar-refractivity contribution is -0.153. The number of hydrogen-bond acceptors (Lipinski definition) is 11. The molecule has 1 aromatic carbocycles. The highest BCUT2D eigenvalue weighted by molar-refractivity contribution is 6.24. The van der Waals surface area contributed by atoms with Gasteiger partial charge in [0.25, 0.3) is 5.91 Å². The van der Waals surface area contributed by atoms with Crippen molar-refractivity contribution >= 4 is 65.3 Å². The lowest BCUT2D eigenvalue weighted by atomic mass is 9.57. The van der Waals surface area contributed by atoms with Crippen LogP contribution in [0.1, 0.15) is 24.5 Å². The van der Waals surface area contributed by atoms with Gasteiger partial charge in [0.2, 0.25) is 11.7 Å². The number of nitrogens with two attached hydrogens (primary N) is 1. The summed E-state index contributed by atoms with van der Waals surface area (Å²) >= 11 is 0. The van der Waals surface area contributed by atoms with Crippen molar-refractivity contribution < 1.29 is 39.6 Å². The van der Waals surface area contributed by atoms with Crippen LogP contribution in [-0.4, -0.2) is 102 Å². The lowest BCUT2D eigenvalue weighted by Gasteiger charge is -2.50. The van der Waals surface area contributed by atoms with E-state index in [-0.39, 0.29) is 61.0 Å². The molecule has 1 fully saturated rings. The number of nitrogens with one attached hydrogen (secondary N) is 2. The Morgan fingerprint density at radius 3 is 2.26 bits per heavy atom. The van der Waals surface area contributed by atoms with Crippen LogP contribution < -0.4 is 21.3 Å². The molecule has 1 saturated carbocycles. The van der Waals surface area contributed by atoms with Crippen LogP contribution >= 0.6 is 24.8 Å². The standard InChI is InChI=1S/C27H35N5O8.2ClH/c1-6-29-10-16(33)30-14-9-15(31(2)3)12-7-11-8-13-20(32(4)5)23(36)19(26(28)39)25(38)27(13,40)24(37)17(11)22(35)18(12)21(14)34;;/h9,11,13,20,29,34-35,38,40H,6-8,10H2,1-5H3,(H2,28,39)(H,30,33);2*1H/t11?,13?,20-,27-;;/m0../s1. The van der Waals surface area contributed by atoms with E-state index in [4.69, 9.17) is 5.73 Å². The number of anilines is 2. The predicted molar refractivity (Wildman–Crippen MR) is 160 cm³/mol. The minimum atomic E-state index is -2.72. The maximum atomic E-state index is 14.0. The van der Waals surface area contributed by atoms with E-state index in [9.17, 15) is 39.6 Å². The fraction of sp³-hybridized carbons (Fsp3) is 0.481. The number of phenolic OH excluding ortho intramolecular Hbond substituents is 1. The van der Waals surface area contributed by atoms with E-state index >= 15 is 0 Å². The molecule has 4 rings (SSSR count). The van der Waals surface area contributed by atoms with Gasteiger partial charge in [-0.2, -0.15) is 0 Å². The number of aliphatic hydroxyl groups is 3. The molecule has 232 valence electrons. The van der Waals surface area contributed by atoms with Crippen molar-refractivity contribution in [3.05, 3.63) is 34.1 Å². The van der Waals surface area contributed by atoms with Gasteiger partial charge in [0.1, 0.15) is 22.8 Å². The molecule has 0 aromatic heterocycles. The summed E-state index contributed by atoms with van der Waals surface area (Å²) in [5, 5.41) is 50.8. The molecule has 0 radical (unpaired) electrons. The quantitative estimate of drug-likeness (QED) is 0.162. The Kier molecular flexibility index (Phi) is 10.3. The summed E-state index contributed by atoms with van der Waals surface area (Å²) in [5.74, 6) is -7.75. The number of amides is 2. The molecule has 1 aromatic rings. The molecule has 2 amide bonds. The van der Waals surface area contributed by atoms with Crippen LogP contribution in [0.5, 0.6) is 5.75 Å². The molecule has 8 N–H and O–H groups in total. The normalized spacial score (nSPS) is 24.7. The van der Waals surface area contributed by atoms with E-state index in [1.54, 1.807) is 39.2 Å². The Balaban J connectivity index is 0.00000308. The topological polar surface area (TPSA) is 206 Å². The summed E-state index contributed by atoms with van der Waals surface area (Å²) in [6.07, 6.45) is 0.127. The van der Waals surface area contributed by atoms with Gasteiger partial charge in [-0.05, 0) is 51.0 Å². The molecular formula is C27H37Cl2N5O8. The maximum absolute atomic E-state index is 14.0. The molecule has 15 heteroatoms. The summed E-state index contributed by atoms with van der Waals surface area (Å²) < 4.78 is 0. The fourth-order valence-corrected chi connectivity index (χ4v) is 6.22. The van der Waals surface area contributed by atoms with E-state index in [1.807, 2.05) is 6.92 Å². The van der Waals surface area contributed by atoms with Crippen LogP contribution in [0.15, 0.2) is 23.0 Å². The molecule has 0 spiro atoms. The second-order valence-corrected chi connectivity index (χ2v) is 10.8. The number of aliphatic hydroxyl groups excluding tert-OH is 2. The van der Waals surface area contributed by atoms with E-state index < -0.39 is 69.7 Å². The van der Waals surface area contributed by atoms with Crippen molar-refractivity contribution in [1.29, 1.82) is 0 Å². The fourth-order valence-electron chi connectivity index (χ4n) is 6.22.